The first-order chi connectivity index (χ1) is 14.7. The quantitative estimate of drug-likeness (QED) is 0.359. The van der Waals surface area contributed by atoms with E-state index in [0.29, 0.717) is 6.07 Å². The Kier molecular flexibility index (Phi) is 6.44. The number of rotatable bonds is 5. The Morgan fingerprint density at radius 1 is 0.968 bits per heavy atom. The SMILES string of the molecule is COC(=O)c1sccc1Oc1ccc(C(F)(F)F)cc1NC(=O)Nc1ccc(F)cc1. The molecule has 3 rings (SSSR count). The third kappa shape index (κ3) is 5.51. The van der Waals surface area contributed by atoms with Crippen LogP contribution in [0, 0.1) is 5.82 Å². The van der Waals surface area contributed by atoms with E-state index in [-0.39, 0.29) is 27.8 Å². The normalized spacial score (nSPS) is 11.0. The van der Waals surface area contributed by atoms with Gasteiger partial charge in [-0.2, -0.15) is 13.2 Å². The minimum absolute atomic E-state index is 0.0543. The molecule has 31 heavy (non-hydrogen) atoms. The van der Waals surface area contributed by atoms with Crippen molar-refractivity contribution >= 4 is 34.7 Å². The summed E-state index contributed by atoms with van der Waals surface area (Å²) in [6.45, 7) is 0. The number of hydrogen-bond acceptors (Lipinski definition) is 5. The molecule has 0 aliphatic heterocycles. The summed E-state index contributed by atoms with van der Waals surface area (Å²) in [5.74, 6) is -1.28. The lowest BCUT2D eigenvalue weighted by Gasteiger charge is -2.15. The van der Waals surface area contributed by atoms with Crippen LogP contribution in [0.4, 0.5) is 33.7 Å². The molecule has 0 bridgehead atoms. The summed E-state index contributed by atoms with van der Waals surface area (Å²) in [6, 6.07) is 7.85. The summed E-state index contributed by atoms with van der Waals surface area (Å²) in [7, 11) is 1.18. The van der Waals surface area contributed by atoms with Gasteiger partial charge in [-0.3, -0.25) is 0 Å². The lowest BCUT2D eigenvalue weighted by Crippen LogP contribution is -2.20. The zero-order chi connectivity index (χ0) is 22.6. The Hall–Kier alpha value is -3.60. The van der Waals surface area contributed by atoms with Gasteiger partial charge in [-0.25, -0.2) is 14.0 Å². The maximum atomic E-state index is 13.2. The second-order valence-electron chi connectivity index (χ2n) is 6.00. The van der Waals surface area contributed by atoms with Gasteiger partial charge in [0, 0.05) is 5.69 Å². The molecule has 2 N–H and O–H groups in total. The number of halogens is 4. The fraction of sp³-hybridized carbons (Fsp3) is 0.100. The van der Waals surface area contributed by atoms with Crippen molar-refractivity contribution in [1.29, 1.82) is 0 Å². The van der Waals surface area contributed by atoms with E-state index in [1.54, 1.807) is 5.38 Å². The molecule has 0 atom stereocenters. The highest BCUT2D eigenvalue weighted by Crippen LogP contribution is 2.38. The average molecular weight is 454 g/mol. The molecule has 0 aliphatic carbocycles. The number of hydrogen-bond donors (Lipinski definition) is 2. The van der Waals surface area contributed by atoms with E-state index in [4.69, 9.17) is 4.74 Å². The molecule has 2 amide bonds. The number of nitrogens with one attached hydrogen (secondary N) is 2. The number of alkyl halides is 3. The number of anilines is 2. The zero-order valence-electron chi connectivity index (χ0n) is 15.7. The maximum absolute atomic E-state index is 13.2. The van der Waals surface area contributed by atoms with Crippen LogP contribution in [0.5, 0.6) is 11.5 Å². The summed E-state index contributed by atoms with van der Waals surface area (Å²) in [4.78, 5) is 24.2. The van der Waals surface area contributed by atoms with Crippen LogP contribution in [0.1, 0.15) is 15.2 Å². The number of carbonyl (C=O) groups excluding carboxylic acids is 2. The maximum Gasteiger partial charge on any atom is 0.416 e. The second kappa shape index (κ2) is 9.04. The van der Waals surface area contributed by atoms with Gasteiger partial charge in [-0.1, -0.05) is 0 Å². The molecule has 0 spiro atoms. The van der Waals surface area contributed by atoms with Crippen molar-refractivity contribution in [3.05, 3.63) is 70.2 Å². The summed E-state index contributed by atoms with van der Waals surface area (Å²) >= 11 is 1.02. The number of benzene rings is 2. The predicted molar refractivity (Wildman–Crippen MR) is 106 cm³/mol. The summed E-state index contributed by atoms with van der Waals surface area (Å²) in [5.41, 5.74) is -1.09. The number of thiophene rings is 1. The highest BCUT2D eigenvalue weighted by Gasteiger charge is 2.31. The van der Waals surface area contributed by atoms with Gasteiger partial charge < -0.3 is 20.1 Å². The highest BCUT2D eigenvalue weighted by atomic mass is 32.1. The van der Waals surface area contributed by atoms with Gasteiger partial charge in [0.15, 0.2) is 16.4 Å². The third-order valence-corrected chi connectivity index (χ3v) is 4.75. The standard InChI is InChI=1S/C20H14F4N2O4S/c1-29-18(27)17-16(8-9-31-17)30-15-7-2-11(20(22,23)24)10-14(15)26-19(28)25-13-5-3-12(21)4-6-13/h2-10H,1H3,(H2,25,26,28). The smallest absolute Gasteiger partial charge is 0.416 e. The van der Waals surface area contributed by atoms with Crippen molar-refractivity contribution in [1.82, 2.24) is 0 Å². The van der Waals surface area contributed by atoms with Crippen LogP contribution in [0.2, 0.25) is 0 Å². The monoisotopic (exact) mass is 454 g/mol. The summed E-state index contributed by atoms with van der Waals surface area (Å²) < 4.78 is 62.7. The molecule has 6 nitrogen and oxygen atoms in total. The summed E-state index contributed by atoms with van der Waals surface area (Å²) in [5, 5.41) is 6.20. The Morgan fingerprint density at radius 3 is 2.32 bits per heavy atom. The highest BCUT2D eigenvalue weighted by molar-refractivity contribution is 7.12. The first-order valence-electron chi connectivity index (χ1n) is 8.56. The molecular formula is C20H14F4N2O4S. The van der Waals surface area contributed by atoms with Gasteiger partial charge in [0.25, 0.3) is 0 Å². The lowest BCUT2D eigenvalue weighted by atomic mass is 10.1. The van der Waals surface area contributed by atoms with Crippen molar-refractivity contribution in [2.45, 2.75) is 6.18 Å². The molecule has 1 heterocycles. The fourth-order valence-electron chi connectivity index (χ4n) is 2.45. The van der Waals surface area contributed by atoms with Gasteiger partial charge >= 0.3 is 18.2 Å². The number of ether oxygens (including phenoxy) is 2. The van der Waals surface area contributed by atoms with Crippen LogP contribution in [0.25, 0.3) is 0 Å². The van der Waals surface area contributed by atoms with Crippen LogP contribution >= 0.6 is 11.3 Å². The fourth-order valence-corrected chi connectivity index (χ4v) is 3.18. The van der Waals surface area contributed by atoms with Crippen molar-refractivity contribution in [3.8, 4) is 11.5 Å². The molecule has 0 fully saturated rings. The van der Waals surface area contributed by atoms with Crippen LogP contribution < -0.4 is 15.4 Å². The van der Waals surface area contributed by atoms with Crippen molar-refractivity contribution in [2.24, 2.45) is 0 Å². The number of urea groups is 1. The molecule has 3 aromatic rings. The van der Waals surface area contributed by atoms with Gasteiger partial charge in [-0.15, -0.1) is 11.3 Å². The largest absolute Gasteiger partial charge is 0.465 e. The Bertz CT molecular complexity index is 1100. The van der Waals surface area contributed by atoms with Gasteiger partial charge in [-0.05, 0) is 53.9 Å². The van der Waals surface area contributed by atoms with Crippen LogP contribution in [-0.4, -0.2) is 19.1 Å². The first kappa shape index (κ1) is 22.1. The molecule has 2 aromatic carbocycles. The van der Waals surface area contributed by atoms with E-state index in [2.05, 4.69) is 15.4 Å². The Balaban J connectivity index is 1.89. The van der Waals surface area contributed by atoms with E-state index in [0.717, 1.165) is 35.6 Å². The lowest BCUT2D eigenvalue weighted by molar-refractivity contribution is -0.137. The topological polar surface area (TPSA) is 76.7 Å². The number of esters is 1. The number of carbonyl (C=O) groups is 2. The van der Waals surface area contributed by atoms with E-state index >= 15 is 0 Å². The van der Waals surface area contributed by atoms with Crippen LogP contribution in [0.15, 0.2) is 53.9 Å². The molecule has 0 aliphatic rings. The van der Waals surface area contributed by atoms with Crippen LogP contribution in [0.3, 0.4) is 0 Å². The van der Waals surface area contributed by atoms with E-state index in [1.165, 1.54) is 25.3 Å². The zero-order valence-corrected chi connectivity index (χ0v) is 16.6. The van der Waals surface area contributed by atoms with Crippen molar-refractivity contribution in [3.63, 3.8) is 0 Å². The molecular weight excluding hydrogens is 440 g/mol. The molecule has 162 valence electrons. The molecule has 1 aromatic heterocycles. The van der Waals surface area contributed by atoms with Crippen LogP contribution in [-0.2, 0) is 10.9 Å². The Labute approximate surface area is 177 Å². The Morgan fingerprint density at radius 2 is 1.68 bits per heavy atom. The molecule has 0 radical (unpaired) electrons. The molecule has 0 saturated heterocycles. The van der Waals surface area contributed by atoms with Gasteiger partial charge in [0.2, 0.25) is 0 Å². The number of amides is 2. The second-order valence-corrected chi connectivity index (χ2v) is 6.92. The van der Waals surface area contributed by atoms with E-state index < -0.39 is 29.6 Å². The van der Waals surface area contributed by atoms with Crippen molar-refractivity contribution < 1.29 is 36.6 Å². The molecule has 11 heteroatoms. The average Bonchev–Trinajstić information content (AvgIpc) is 3.18. The number of methoxy groups -OCH3 is 1. The van der Waals surface area contributed by atoms with E-state index in [1.807, 2.05) is 0 Å². The van der Waals surface area contributed by atoms with Crippen molar-refractivity contribution in [2.75, 3.05) is 17.7 Å². The van der Waals surface area contributed by atoms with Gasteiger partial charge in [0.05, 0.1) is 18.4 Å². The molecule has 0 unspecified atom stereocenters. The van der Waals surface area contributed by atoms with E-state index in [9.17, 15) is 27.2 Å². The minimum atomic E-state index is -4.66. The first-order valence-corrected chi connectivity index (χ1v) is 9.44. The third-order valence-electron chi connectivity index (χ3n) is 3.88. The predicted octanol–water partition coefficient (Wildman–Crippen LogP) is 6.13. The molecule has 0 saturated carbocycles. The summed E-state index contributed by atoms with van der Waals surface area (Å²) in [6.07, 6.45) is -4.66. The van der Waals surface area contributed by atoms with Gasteiger partial charge in [0.1, 0.15) is 5.82 Å². The minimum Gasteiger partial charge on any atom is -0.465 e.